The maximum Gasteiger partial charge on any atom is 0.0554 e. The van der Waals surface area contributed by atoms with E-state index in [0.717, 1.165) is 36.9 Å². The maximum atomic E-state index is 6.08. The summed E-state index contributed by atoms with van der Waals surface area (Å²) in [6.45, 7) is 5.62. The van der Waals surface area contributed by atoms with Gasteiger partial charge in [0.25, 0.3) is 0 Å². The molecule has 0 atom stereocenters. The highest BCUT2D eigenvalue weighted by Gasteiger charge is 2.32. The molecule has 1 heterocycles. The summed E-state index contributed by atoms with van der Waals surface area (Å²) in [5.74, 6) is 0. The van der Waals surface area contributed by atoms with Crippen LogP contribution >= 0.6 is 23.2 Å². The normalized spacial score (nSPS) is 18.2. The van der Waals surface area contributed by atoms with E-state index >= 15 is 0 Å². The van der Waals surface area contributed by atoms with Crippen LogP contribution in [-0.4, -0.2) is 19.8 Å². The minimum absolute atomic E-state index is 0.291. The van der Waals surface area contributed by atoms with Gasteiger partial charge in [0, 0.05) is 28.5 Å². The van der Waals surface area contributed by atoms with Crippen LogP contribution in [0, 0.1) is 5.41 Å². The monoisotopic (exact) mass is 259 g/mol. The highest BCUT2D eigenvalue weighted by atomic mass is 35.5. The van der Waals surface area contributed by atoms with Crippen molar-refractivity contribution in [3.05, 3.63) is 33.8 Å². The Labute approximate surface area is 106 Å². The summed E-state index contributed by atoms with van der Waals surface area (Å²) < 4.78 is 5.20. The predicted octanol–water partition coefficient (Wildman–Crippen LogP) is 3.12. The third kappa shape index (κ3) is 2.89. The molecule has 16 heavy (non-hydrogen) atoms. The standard InChI is InChI=1S/C12H15Cl2NO/c1-12(7-16-8-12)6-15-5-9-2-3-10(13)4-11(9)14/h2-4,15H,5-8H2,1H3. The third-order valence-corrected chi connectivity index (χ3v) is 3.37. The summed E-state index contributed by atoms with van der Waals surface area (Å²) in [5.41, 5.74) is 1.37. The second kappa shape index (κ2) is 4.92. The second-order valence-electron chi connectivity index (χ2n) is 4.64. The van der Waals surface area contributed by atoms with Crippen molar-refractivity contribution in [3.8, 4) is 0 Å². The molecule has 0 aromatic heterocycles. The van der Waals surface area contributed by atoms with Crippen molar-refractivity contribution < 1.29 is 4.74 Å². The van der Waals surface area contributed by atoms with E-state index in [1.807, 2.05) is 12.1 Å². The van der Waals surface area contributed by atoms with E-state index in [0.29, 0.717) is 10.4 Å². The van der Waals surface area contributed by atoms with E-state index in [-0.39, 0.29) is 0 Å². The first kappa shape index (κ1) is 12.2. The van der Waals surface area contributed by atoms with E-state index in [1.165, 1.54) is 0 Å². The zero-order valence-electron chi connectivity index (χ0n) is 9.22. The van der Waals surface area contributed by atoms with Crippen LogP contribution in [0.15, 0.2) is 18.2 Å². The zero-order valence-corrected chi connectivity index (χ0v) is 10.7. The van der Waals surface area contributed by atoms with Gasteiger partial charge in [-0.1, -0.05) is 36.2 Å². The van der Waals surface area contributed by atoms with Gasteiger partial charge in [-0.05, 0) is 17.7 Å². The molecule has 0 amide bonds. The van der Waals surface area contributed by atoms with Crippen molar-refractivity contribution in [1.82, 2.24) is 5.32 Å². The van der Waals surface area contributed by atoms with Crippen LogP contribution in [0.3, 0.4) is 0 Å². The summed E-state index contributed by atoms with van der Waals surface area (Å²) >= 11 is 11.9. The lowest BCUT2D eigenvalue weighted by Gasteiger charge is -2.38. The molecule has 88 valence electrons. The molecule has 1 saturated heterocycles. The summed E-state index contributed by atoms with van der Waals surface area (Å²) in [7, 11) is 0. The van der Waals surface area contributed by atoms with Crippen LogP contribution in [-0.2, 0) is 11.3 Å². The smallest absolute Gasteiger partial charge is 0.0554 e. The Morgan fingerprint density at radius 3 is 2.69 bits per heavy atom. The fourth-order valence-corrected chi connectivity index (χ4v) is 2.19. The van der Waals surface area contributed by atoms with Crippen molar-refractivity contribution in [1.29, 1.82) is 0 Å². The Balaban J connectivity index is 1.85. The molecule has 0 unspecified atom stereocenters. The molecular formula is C12H15Cl2NO. The van der Waals surface area contributed by atoms with Crippen LogP contribution < -0.4 is 5.32 Å². The number of benzene rings is 1. The van der Waals surface area contributed by atoms with Gasteiger partial charge in [0.1, 0.15) is 0 Å². The molecule has 1 fully saturated rings. The fraction of sp³-hybridized carbons (Fsp3) is 0.500. The lowest BCUT2D eigenvalue weighted by molar-refractivity contribution is -0.0991. The molecule has 1 N–H and O–H groups in total. The van der Waals surface area contributed by atoms with E-state index < -0.39 is 0 Å². The van der Waals surface area contributed by atoms with Crippen molar-refractivity contribution in [3.63, 3.8) is 0 Å². The average molecular weight is 260 g/mol. The minimum atomic E-state index is 0.291. The Morgan fingerprint density at radius 1 is 1.38 bits per heavy atom. The quantitative estimate of drug-likeness (QED) is 0.898. The molecule has 0 bridgehead atoms. The summed E-state index contributed by atoms with van der Waals surface area (Å²) in [6, 6.07) is 5.59. The molecule has 2 nitrogen and oxygen atoms in total. The van der Waals surface area contributed by atoms with Gasteiger partial charge in [-0.2, -0.15) is 0 Å². The molecule has 1 aromatic rings. The van der Waals surface area contributed by atoms with E-state index in [2.05, 4.69) is 12.2 Å². The van der Waals surface area contributed by atoms with Crippen molar-refractivity contribution in [2.45, 2.75) is 13.5 Å². The predicted molar refractivity (Wildman–Crippen MR) is 67.1 cm³/mol. The minimum Gasteiger partial charge on any atom is -0.380 e. The molecular weight excluding hydrogens is 245 g/mol. The molecule has 2 rings (SSSR count). The average Bonchev–Trinajstić information content (AvgIpc) is 2.19. The molecule has 0 aliphatic carbocycles. The van der Waals surface area contributed by atoms with Crippen LogP contribution in [0.4, 0.5) is 0 Å². The number of halogens is 2. The van der Waals surface area contributed by atoms with Crippen molar-refractivity contribution in [2.75, 3.05) is 19.8 Å². The Morgan fingerprint density at radius 2 is 2.12 bits per heavy atom. The van der Waals surface area contributed by atoms with Gasteiger partial charge in [-0.3, -0.25) is 0 Å². The highest BCUT2D eigenvalue weighted by molar-refractivity contribution is 6.35. The van der Waals surface area contributed by atoms with Gasteiger partial charge < -0.3 is 10.1 Å². The van der Waals surface area contributed by atoms with E-state index in [9.17, 15) is 0 Å². The molecule has 4 heteroatoms. The van der Waals surface area contributed by atoms with Gasteiger partial charge in [0.15, 0.2) is 0 Å². The van der Waals surface area contributed by atoms with Crippen LogP contribution in [0.25, 0.3) is 0 Å². The van der Waals surface area contributed by atoms with E-state index in [1.54, 1.807) is 6.07 Å². The summed E-state index contributed by atoms with van der Waals surface area (Å²) in [6.07, 6.45) is 0. The van der Waals surface area contributed by atoms with Crippen LogP contribution in [0.1, 0.15) is 12.5 Å². The van der Waals surface area contributed by atoms with Crippen molar-refractivity contribution in [2.24, 2.45) is 5.41 Å². The zero-order chi connectivity index (χ0) is 11.6. The first-order valence-electron chi connectivity index (χ1n) is 5.31. The number of hydrogen-bond donors (Lipinski definition) is 1. The molecule has 0 saturated carbocycles. The lowest BCUT2D eigenvalue weighted by Crippen LogP contribution is -2.47. The fourth-order valence-electron chi connectivity index (χ4n) is 1.72. The van der Waals surface area contributed by atoms with Crippen molar-refractivity contribution >= 4 is 23.2 Å². The molecule has 1 aromatic carbocycles. The summed E-state index contributed by atoms with van der Waals surface area (Å²) in [4.78, 5) is 0. The molecule has 0 spiro atoms. The number of hydrogen-bond acceptors (Lipinski definition) is 2. The molecule has 1 aliphatic heterocycles. The Kier molecular flexibility index (Phi) is 3.75. The topological polar surface area (TPSA) is 21.3 Å². The van der Waals surface area contributed by atoms with Crippen LogP contribution in [0.2, 0.25) is 10.0 Å². The Hall–Kier alpha value is -0.280. The number of rotatable bonds is 4. The number of ether oxygens (including phenoxy) is 1. The van der Waals surface area contributed by atoms with Gasteiger partial charge >= 0.3 is 0 Å². The SMILES string of the molecule is CC1(CNCc2ccc(Cl)cc2Cl)COC1. The van der Waals surface area contributed by atoms with E-state index in [4.69, 9.17) is 27.9 Å². The van der Waals surface area contributed by atoms with Crippen LogP contribution in [0.5, 0.6) is 0 Å². The highest BCUT2D eigenvalue weighted by Crippen LogP contribution is 2.26. The van der Waals surface area contributed by atoms with Gasteiger partial charge in [-0.25, -0.2) is 0 Å². The molecule has 0 radical (unpaired) electrons. The largest absolute Gasteiger partial charge is 0.380 e. The van der Waals surface area contributed by atoms with Gasteiger partial charge in [-0.15, -0.1) is 0 Å². The van der Waals surface area contributed by atoms with Gasteiger partial charge in [0.2, 0.25) is 0 Å². The van der Waals surface area contributed by atoms with Gasteiger partial charge in [0.05, 0.1) is 13.2 Å². The Bertz CT molecular complexity index is 377. The molecule has 1 aliphatic rings. The first-order chi connectivity index (χ1) is 7.59. The lowest BCUT2D eigenvalue weighted by atomic mass is 9.89. The first-order valence-corrected chi connectivity index (χ1v) is 6.07. The second-order valence-corrected chi connectivity index (χ2v) is 5.49. The third-order valence-electron chi connectivity index (χ3n) is 2.78. The number of nitrogens with one attached hydrogen (secondary N) is 1. The maximum absolute atomic E-state index is 6.08. The summed E-state index contributed by atoms with van der Waals surface area (Å²) in [5, 5.41) is 4.79.